The summed E-state index contributed by atoms with van der Waals surface area (Å²) < 4.78 is 5.34. The van der Waals surface area contributed by atoms with Crippen molar-refractivity contribution in [2.24, 2.45) is 0 Å². The third kappa shape index (κ3) is 3.91. The maximum absolute atomic E-state index is 13.0. The molecule has 2 amide bonds. The smallest absolute Gasteiger partial charge is 0.322 e. The monoisotopic (exact) mass is 376 g/mol. The van der Waals surface area contributed by atoms with E-state index in [1.807, 2.05) is 24.3 Å². The van der Waals surface area contributed by atoms with Crippen molar-refractivity contribution in [2.75, 3.05) is 11.9 Å². The molecular formula is C22H24N4O2. The highest BCUT2D eigenvalue weighted by Crippen LogP contribution is 2.31. The zero-order chi connectivity index (χ0) is 19.5. The largest absolute Gasteiger partial charge is 0.337 e. The molecule has 0 saturated carbocycles. The van der Waals surface area contributed by atoms with E-state index in [0.29, 0.717) is 18.3 Å². The summed E-state index contributed by atoms with van der Waals surface area (Å²) in [5, 5.41) is 6.92. The van der Waals surface area contributed by atoms with E-state index < -0.39 is 0 Å². The third-order valence-electron chi connectivity index (χ3n) is 5.06. The molecule has 144 valence electrons. The highest BCUT2D eigenvalue weighted by Gasteiger charge is 2.32. The van der Waals surface area contributed by atoms with Crippen molar-refractivity contribution in [3.63, 3.8) is 0 Å². The summed E-state index contributed by atoms with van der Waals surface area (Å²) in [6.45, 7) is 4.54. The molecule has 1 aliphatic heterocycles. The molecule has 2 aromatic carbocycles. The molecule has 1 aromatic heterocycles. The molecule has 1 atom stereocenters. The number of carbonyl (C=O) groups excluding carboxylic acids is 1. The maximum atomic E-state index is 13.0. The number of urea groups is 1. The quantitative estimate of drug-likeness (QED) is 0.689. The van der Waals surface area contributed by atoms with E-state index in [4.69, 9.17) is 4.52 Å². The zero-order valence-corrected chi connectivity index (χ0v) is 16.2. The van der Waals surface area contributed by atoms with Gasteiger partial charge in [-0.3, -0.25) is 0 Å². The Kier molecular flexibility index (Phi) is 5.10. The van der Waals surface area contributed by atoms with Crippen LogP contribution >= 0.6 is 0 Å². The Labute approximate surface area is 164 Å². The molecule has 0 spiro atoms. The highest BCUT2D eigenvalue weighted by atomic mass is 16.5. The lowest BCUT2D eigenvalue weighted by Crippen LogP contribution is -2.41. The molecule has 0 radical (unpaired) electrons. The number of nitrogens with one attached hydrogen (secondary N) is 1. The molecule has 0 aliphatic carbocycles. The lowest BCUT2D eigenvalue weighted by molar-refractivity contribution is 0.142. The van der Waals surface area contributed by atoms with Gasteiger partial charge in [-0.2, -0.15) is 4.98 Å². The average Bonchev–Trinajstić information content (AvgIpc) is 3.14. The molecule has 0 bridgehead atoms. The highest BCUT2D eigenvalue weighted by molar-refractivity contribution is 5.90. The van der Waals surface area contributed by atoms with E-state index in [-0.39, 0.29) is 12.1 Å². The van der Waals surface area contributed by atoms with Crippen LogP contribution in [0.15, 0.2) is 53.1 Å². The number of anilines is 1. The van der Waals surface area contributed by atoms with Crippen molar-refractivity contribution in [1.82, 2.24) is 15.0 Å². The van der Waals surface area contributed by atoms with Crippen molar-refractivity contribution in [3.8, 4) is 11.1 Å². The first kappa shape index (κ1) is 18.2. The van der Waals surface area contributed by atoms with Crippen LogP contribution in [0.5, 0.6) is 0 Å². The fourth-order valence-corrected chi connectivity index (χ4v) is 3.68. The van der Waals surface area contributed by atoms with Gasteiger partial charge in [-0.05, 0) is 56.4 Å². The second kappa shape index (κ2) is 7.84. The van der Waals surface area contributed by atoms with Gasteiger partial charge in [0.05, 0.1) is 0 Å². The number of nitrogens with zero attached hydrogens (tertiary/aromatic N) is 3. The minimum Gasteiger partial charge on any atom is -0.337 e. The minimum atomic E-state index is -0.171. The number of rotatable bonds is 3. The van der Waals surface area contributed by atoms with Crippen LogP contribution in [0.25, 0.3) is 11.1 Å². The Bertz CT molecular complexity index is 982. The number of benzene rings is 2. The predicted molar refractivity (Wildman–Crippen MR) is 108 cm³/mol. The Hall–Kier alpha value is -3.15. The van der Waals surface area contributed by atoms with E-state index in [2.05, 4.69) is 46.6 Å². The molecular weight excluding hydrogens is 352 g/mol. The summed E-state index contributed by atoms with van der Waals surface area (Å²) in [4.78, 5) is 19.1. The number of carbonyl (C=O) groups is 1. The fourth-order valence-electron chi connectivity index (χ4n) is 3.68. The van der Waals surface area contributed by atoms with Gasteiger partial charge in [0.15, 0.2) is 5.82 Å². The van der Waals surface area contributed by atoms with Crippen molar-refractivity contribution in [1.29, 1.82) is 0 Å². The first-order chi connectivity index (χ1) is 13.6. The third-order valence-corrected chi connectivity index (χ3v) is 5.06. The second-order valence-electron chi connectivity index (χ2n) is 7.27. The van der Waals surface area contributed by atoms with Crippen LogP contribution in [0.4, 0.5) is 10.5 Å². The van der Waals surface area contributed by atoms with E-state index in [0.717, 1.165) is 36.1 Å². The van der Waals surface area contributed by atoms with Crippen LogP contribution in [0.1, 0.15) is 42.6 Å². The van der Waals surface area contributed by atoms with Crippen molar-refractivity contribution < 1.29 is 9.32 Å². The number of likely N-dealkylation sites (tertiary alicyclic amines) is 1. The minimum absolute atomic E-state index is 0.137. The summed E-state index contributed by atoms with van der Waals surface area (Å²) in [6.07, 6.45) is 2.84. The van der Waals surface area contributed by atoms with E-state index in [1.165, 1.54) is 5.56 Å². The summed E-state index contributed by atoms with van der Waals surface area (Å²) >= 11 is 0. The average molecular weight is 376 g/mol. The Balaban J connectivity index is 1.53. The van der Waals surface area contributed by atoms with Gasteiger partial charge in [-0.15, -0.1) is 0 Å². The van der Waals surface area contributed by atoms with Crippen LogP contribution in [-0.2, 0) is 0 Å². The molecule has 3 aromatic rings. The first-order valence-corrected chi connectivity index (χ1v) is 9.65. The van der Waals surface area contributed by atoms with Crippen LogP contribution in [-0.4, -0.2) is 27.6 Å². The van der Waals surface area contributed by atoms with E-state index >= 15 is 0 Å². The molecule has 1 fully saturated rings. The molecule has 4 rings (SSSR count). The number of amides is 2. The molecule has 0 unspecified atom stereocenters. The van der Waals surface area contributed by atoms with Gasteiger partial charge in [-0.25, -0.2) is 4.79 Å². The summed E-state index contributed by atoms with van der Waals surface area (Å²) in [7, 11) is 0. The lowest BCUT2D eigenvalue weighted by atomic mass is 10.0. The summed E-state index contributed by atoms with van der Waals surface area (Å²) in [6, 6.07) is 15.9. The number of hydrogen-bond donors (Lipinski definition) is 1. The molecule has 28 heavy (non-hydrogen) atoms. The molecule has 1 saturated heterocycles. The van der Waals surface area contributed by atoms with Crippen molar-refractivity contribution in [3.05, 3.63) is 65.8 Å². The number of aryl methyl sites for hydroxylation is 2. The van der Waals surface area contributed by atoms with Gasteiger partial charge in [0.1, 0.15) is 6.04 Å². The maximum Gasteiger partial charge on any atom is 0.322 e. The second-order valence-corrected chi connectivity index (χ2v) is 7.27. The normalized spacial score (nSPS) is 16.8. The SMILES string of the molecule is Cc1cccc(-c2cccc(NC(=O)N3CCCC[C@H]3c3nc(C)no3)c2)c1. The van der Waals surface area contributed by atoms with Gasteiger partial charge >= 0.3 is 6.03 Å². The standard InChI is InChI=1S/C22H24N4O2/c1-15-7-5-8-17(13-15)18-9-6-10-19(14-18)24-22(27)26-12-4-3-11-20(26)21-23-16(2)25-28-21/h5-10,13-14,20H,3-4,11-12H2,1-2H3,(H,24,27)/t20-/m0/s1. The van der Waals surface area contributed by atoms with Crippen LogP contribution in [0.3, 0.4) is 0 Å². The van der Waals surface area contributed by atoms with Crippen molar-refractivity contribution >= 4 is 11.7 Å². The molecule has 1 N–H and O–H groups in total. The zero-order valence-electron chi connectivity index (χ0n) is 16.2. The van der Waals surface area contributed by atoms with Gasteiger partial charge in [0, 0.05) is 12.2 Å². The Morgan fingerprint density at radius 3 is 2.64 bits per heavy atom. The van der Waals surface area contributed by atoms with Crippen LogP contribution < -0.4 is 5.32 Å². The first-order valence-electron chi connectivity index (χ1n) is 9.65. The van der Waals surface area contributed by atoms with Crippen molar-refractivity contribution in [2.45, 2.75) is 39.2 Å². The van der Waals surface area contributed by atoms with Gasteiger partial charge in [-0.1, -0.05) is 47.1 Å². The van der Waals surface area contributed by atoms with Crippen LogP contribution in [0.2, 0.25) is 0 Å². The fraction of sp³-hybridized carbons (Fsp3) is 0.318. The van der Waals surface area contributed by atoms with Gasteiger partial charge in [0.2, 0.25) is 5.89 Å². The molecule has 6 heteroatoms. The molecule has 2 heterocycles. The number of aromatic nitrogens is 2. The van der Waals surface area contributed by atoms with Gasteiger partial charge in [0.25, 0.3) is 0 Å². The topological polar surface area (TPSA) is 71.3 Å². The molecule has 6 nitrogen and oxygen atoms in total. The van der Waals surface area contributed by atoms with Gasteiger partial charge < -0.3 is 14.7 Å². The Morgan fingerprint density at radius 2 is 1.89 bits per heavy atom. The number of piperidine rings is 1. The predicted octanol–water partition coefficient (Wildman–Crippen LogP) is 5.11. The number of hydrogen-bond acceptors (Lipinski definition) is 4. The Morgan fingerprint density at radius 1 is 1.11 bits per heavy atom. The van der Waals surface area contributed by atoms with Crippen LogP contribution in [0, 0.1) is 13.8 Å². The molecule has 1 aliphatic rings. The summed E-state index contributed by atoms with van der Waals surface area (Å²) in [5.41, 5.74) is 4.19. The van der Waals surface area contributed by atoms with E-state index in [1.54, 1.807) is 11.8 Å². The summed E-state index contributed by atoms with van der Waals surface area (Å²) in [5.74, 6) is 1.10. The van der Waals surface area contributed by atoms with E-state index in [9.17, 15) is 4.79 Å². The lowest BCUT2D eigenvalue weighted by Gasteiger charge is -2.33.